The number of carbonyl (C=O) groups excluding carboxylic acids is 1. The molecule has 0 saturated heterocycles. The summed E-state index contributed by atoms with van der Waals surface area (Å²) in [5.41, 5.74) is 0.449. The zero-order valence-electron chi connectivity index (χ0n) is 13.1. The van der Waals surface area contributed by atoms with Crippen molar-refractivity contribution in [2.24, 2.45) is 0 Å². The number of benzene rings is 1. The smallest absolute Gasteiger partial charge is 0.274 e. The first-order valence-corrected chi connectivity index (χ1v) is 9.95. The fraction of sp³-hybridized carbons (Fsp3) is 0.312. The Kier molecular flexibility index (Phi) is 4.77. The first-order chi connectivity index (χ1) is 11.5. The van der Waals surface area contributed by atoms with Gasteiger partial charge in [0.25, 0.3) is 15.9 Å². The van der Waals surface area contributed by atoms with Crippen molar-refractivity contribution in [2.75, 3.05) is 17.4 Å². The molecule has 2 aromatic rings. The Bertz CT molecular complexity index is 818. The van der Waals surface area contributed by atoms with Gasteiger partial charge >= 0.3 is 0 Å². The Morgan fingerprint density at radius 1 is 1.33 bits per heavy atom. The fourth-order valence-electron chi connectivity index (χ4n) is 2.45. The van der Waals surface area contributed by atoms with Crippen LogP contribution in [0.15, 0.2) is 46.0 Å². The number of sulfonamides is 1. The number of ether oxygens (including phenoxy) is 1. The summed E-state index contributed by atoms with van der Waals surface area (Å²) < 4.78 is 33.1. The average Bonchev–Trinajstić information content (AvgIpc) is 3.14. The van der Waals surface area contributed by atoms with Gasteiger partial charge in [0.2, 0.25) is 0 Å². The van der Waals surface area contributed by atoms with E-state index in [1.807, 2.05) is 6.92 Å². The third kappa shape index (κ3) is 3.11. The van der Waals surface area contributed by atoms with Crippen molar-refractivity contribution in [3.63, 3.8) is 0 Å². The predicted octanol–water partition coefficient (Wildman–Crippen LogP) is 2.23. The van der Waals surface area contributed by atoms with Crippen LogP contribution in [0.2, 0.25) is 0 Å². The van der Waals surface area contributed by atoms with E-state index < -0.39 is 16.1 Å². The molecule has 1 aliphatic rings. The maximum Gasteiger partial charge on any atom is 0.274 e. The minimum absolute atomic E-state index is 0.0488. The van der Waals surface area contributed by atoms with E-state index in [0.717, 1.165) is 17.8 Å². The van der Waals surface area contributed by atoms with Gasteiger partial charge in [0.15, 0.2) is 6.10 Å². The Balaban J connectivity index is 1.97. The second-order valence-corrected chi connectivity index (χ2v) is 8.37. The van der Waals surface area contributed by atoms with E-state index >= 15 is 0 Å². The van der Waals surface area contributed by atoms with Gasteiger partial charge in [-0.1, -0.05) is 25.1 Å². The largest absolute Gasteiger partial charge is 0.476 e. The van der Waals surface area contributed by atoms with Crippen molar-refractivity contribution in [3.05, 3.63) is 41.8 Å². The quantitative estimate of drug-likeness (QED) is 0.880. The highest BCUT2D eigenvalue weighted by molar-refractivity contribution is 7.94. The van der Waals surface area contributed by atoms with Gasteiger partial charge in [-0.2, -0.15) is 0 Å². The molecule has 2 heterocycles. The number of fused-ring (bicyclic) bond motifs is 1. The Morgan fingerprint density at radius 3 is 2.83 bits per heavy atom. The second-order valence-electron chi connectivity index (χ2n) is 5.33. The molecular formula is C16H18N2O4S2. The Labute approximate surface area is 145 Å². The molecule has 1 aromatic carbocycles. The number of hydrogen-bond acceptors (Lipinski definition) is 5. The molecule has 1 N–H and O–H groups in total. The highest BCUT2D eigenvalue weighted by Crippen LogP contribution is 2.37. The van der Waals surface area contributed by atoms with Crippen molar-refractivity contribution in [1.82, 2.24) is 5.32 Å². The van der Waals surface area contributed by atoms with E-state index in [2.05, 4.69) is 5.32 Å². The zero-order valence-corrected chi connectivity index (χ0v) is 14.8. The standard InChI is InChI=1S/C16H18N2O4S2/c1-2-9-17-16(19)14-11-18(12-6-3-4-7-13(12)22-14)24(20,21)15-8-5-10-23-15/h3-8,10,14H,2,9,11H2,1H3,(H,17,19)/t14-/m0/s1. The number of rotatable bonds is 5. The van der Waals surface area contributed by atoms with Crippen molar-refractivity contribution in [2.45, 2.75) is 23.7 Å². The van der Waals surface area contributed by atoms with Gasteiger partial charge in [-0.3, -0.25) is 9.10 Å². The van der Waals surface area contributed by atoms with Gasteiger partial charge in [0.05, 0.1) is 12.2 Å². The van der Waals surface area contributed by atoms with Crippen LogP contribution < -0.4 is 14.4 Å². The van der Waals surface area contributed by atoms with Crippen molar-refractivity contribution in [3.8, 4) is 5.75 Å². The van der Waals surface area contributed by atoms with Gasteiger partial charge in [0, 0.05) is 6.54 Å². The van der Waals surface area contributed by atoms with Crippen molar-refractivity contribution >= 4 is 33.0 Å². The van der Waals surface area contributed by atoms with E-state index in [1.54, 1.807) is 41.8 Å². The maximum atomic E-state index is 12.9. The monoisotopic (exact) mass is 366 g/mol. The minimum Gasteiger partial charge on any atom is -0.476 e. The van der Waals surface area contributed by atoms with Crippen LogP contribution in [0.25, 0.3) is 0 Å². The van der Waals surface area contributed by atoms with E-state index in [0.29, 0.717) is 18.0 Å². The van der Waals surface area contributed by atoms with Gasteiger partial charge in [-0.05, 0) is 30.0 Å². The molecule has 0 aliphatic carbocycles. The van der Waals surface area contributed by atoms with E-state index in [4.69, 9.17) is 4.74 Å². The van der Waals surface area contributed by atoms with Crippen molar-refractivity contribution < 1.29 is 17.9 Å². The summed E-state index contributed by atoms with van der Waals surface area (Å²) in [7, 11) is -3.73. The molecule has 0 saturated carbocycles. The van der Waals surface area contributed by atoms with Gasteiger partial charge < -0.3 is 10.1 Å². The van der Waals surface area contributed by atoms with Gasteiger partial charge in [-0.15, -0.1) is 11.3 Å². The number of para-hydroxylation sites is 2. The summed E-state index contributed by atoms with van der Waals surface area (Å²) in [6, 6.07) is 10.1. The van der Waals surface area contributed by atoms with Gasteiger partial charge in [0.1, 0.15) is 9.96 Å². The first-order valence-electron chi connectivity index (χ1n) is 7.63. The van der Waals surface area contributed by atoms with Crippen molar-refractivity contribution in [1.29, 1.82) is 0 Å². The zero-order chi connectivity index (χ0) is 17.2. The van der Waals surface area contributed by atoms with Crippen LogP contribution in [0.5, 0.6) is 5.75 Å². The minimum atomic E-state index is -3.73. The predicted molar refractivity (Wildman–Crippen MR) is 93.0 cm³/mol. The summed E-state index contributed by atoms with van der Waals surface area (Å²) in [6.07, 6.45) is -0.0760. The van der Waals surface area contributed by atoms with E-state index in [9.17, 15) is 13.2 Å². The Hall–Kier alpha value is -2.06. The van der Waals surface area contributed by atoms with Crippen LogP contribution in [-0.2, 0) is 14.8 Å². The second kappa shape index (κ2) is 6.82. The van der Waals surface area contributed by atoms with Crippen LogP contribution in [0, 0.1) is 0 Å². The molecule has 1 aromatic heterocycles. The summed E-state index contributed by atoms with van der Waals surface area (Å²) in [5, 5.41) is 4.47. The third-order valence-corrected chi connectivity index (χ3v) is 6.77. The summed E-state index contributed by atoms with van der Waals surface area (Å²) in [4.78, 5) is 12.3. The molecule has 128 valence electrons. The number of anilines is 1. The lowest BCUT2D eigenvalue weighted by Gasteiger charge is -2.34. The number of carbonyl (C=O) groups is 1. The van der Waals surface area contributed by atoms with Crippen LogP contribution in [0.3, 0.4) is 0 Å². The lowest BCUT2D eigenvalue weighted by Crippen LogP contribution is -2.50. The number of nitrogens with zero attached hydrogens (tertiary/aromatic N) is 1. The summed E-state index contributed by atoms with van der Waals surface area (Å²) >= 11 is 1.15. The average molecular weight is 366 g/mol. The fourth-order valence-corrected chi connectivity index (χ4v) is 5.03. The summed E-state index contributed by atoms with van der Waals surface area (Å²) in [5.74, 6) is 0.0817. The van der Waals surface area contributed by atoms with Crippen LogP contribution >= 0.6 is 11.3 Å². The molecule has 24 heavy (non-hydrogen) atoms. The lowest BCUT2D eigenvalue weighted by molar-refractivity contribution is -0.127. The number of nitrogens with one attached hydrogen (secondary N) is 1. The number of thiophene rings is 1. The van der Waals surface area contributed by atoms with Crippen LogP contribution in [0.1, 0.15) is 13.3 Å². The molecule has 1 amide bonds. The number of hydrogen-bond donors (Lipinski definition) is 1. The van der Waals surface area contributed by atoms with Crippen LogP contribution in [-0.4, -0.2) is 33.5 Å². The molecule has 8 heteroatoms. The molecular weight excluding hydrogens is 348 g/mol. The molecule has 6 nitrogen and oxygen atoms in total. The topological polar surface area (TPSA) is 75.7 Å². The molecule has 0 bridgehead atoms. The third-order valence-electron chi connectivity index (χ3n) is 3.62. The lowest BCUT2D eigenvalue weighted by atomic mass is 10.2. The van der Waals surface area contributed by atoms with Crippen LogP contribution in [0.4, 0.5) is 5.69 Å². The summed E-state index contributed by atoms with van der Waals surface area (Å²) in [6.45, 7) is 2.43. The SMILES string of the molecule is CCCNC(=O)[C@@H]1CN(S(=O)(=O)c2cccs2)c2ccccc2O1. The highest BCUT2D eigenvalue weighted by atomic mass is 32.2. The normalized spacial score (nSPS) is 17.0. The molecule has 0 spiro atoms. The maximum absolute atomic E-state index is 12.9. The number of amides is 1. The molecule has 3 rings (SSSR count). The van der Waals surface area contributed by atoms with E-state index in [1.165, 1.54) is 4.31 Å². The van der Waals surface area contributed by atoms with E-state index in [-0.39, 0.29) is 16.7 Å². The first kappa shape index (κ1) is 16.8. The molecule has 1 atom stereocenters. The molecule has 0 fully saturated rings. The molecule has 0 radical (unpaired) electrons. The van der Waals surface area contributed by atoms with Gasteiger partial charge in [-0.25, -0.2) is 8.42 Å². The molecule has 1 aliphatic heterocycles. The molecule has 0 unspecified atom stereocenters. The highest BCUT2D eigenvalue weighted by Gasteiger charge is 2.37. The Morgan fingerprint density at radius 2 is 2.12 bits per heavy atom.